The Labute approximate surface area is 222 Å². The highest BCUT2D eigenvalue weighted by molar-refractivity contribution is 8.03. The van der Waals surface area contributed by atoms with E-state index >= 15 is 0 Å². The molecule has 0 aromatic heterocycles. The van der Waals surface area contributed by atoms with Crippen LogP contribution in [0.15, 0.2) is 53.1 Å². The molecule has 0 fully saturated rings. The number of amides is 2. The van der Waals surface area contributed by atoms with Crippen molar-refractivity contribution in [3.8, 4) is 11.8 Å². The van der Waals surface area contributed by atoms with Gasteiger partial charge >= 0.3 is 5.97 Å². The van der Waals surface area contributed by atoms with Gasteiger partial charge in [0, 0.05) is 12.5 Å². The Hall–Kier alpha value is -3.19. The number of carbonyl (C=O) groups is 3. The number of methoxy groups -OCH3 is 1. The number of hydrogen-bond acceptors (Lipinski definition) is 7. The van der Waals surface area contributed by atoms with Gasteiger partial charge in [0.2, 0.25) is 11.8 Å². The van der Waals surface area contributed by atoms with Crippen LogP contribution < -0.4 is 15.4 Å². The van der Waals surface area contributed by atoms with E-state index in [1.165, 1.54) is 12.1 Å². The van der Waals surface area contributed by atoms with Crippen molar-refractivity contribution in [3.05, 3.63) is 74.2 Å². The summed E-state index contributed by atoms with van der Waals surface area (Å²) in [4.78, 5) is 38.0. The third kappa shape index (κ3) is 6.32. The first kappa shape index (κ1) is 27.4. The first-order valence-electron chi connectivity index (χ1n) is 10.9. The van der Waals surface area contributed by atoms with E-state index in [0.29, 0.717) is 18.7 Å². The van der Waals surface area contributed by atoms with E-state index in [0.717, 1.165) is 24.4 Å². The Morgan fingerprint density at radius 1 is 1.19 bits per heavy atom. The number of benzene rings is 2. The standard InChI is InChI=1S/C25H23Cl2N3O5S/c1-3-35-22-17(26)9-15(10-18(22)27)20-16(11-28)24(30-23(32)21(20)25(33)34-2)36-13-19(31)29-12-14-7-5-4-6-8-14/h4-10,20-21H,3,12-13H2,1-2H3,(H,29,31)(H,30,32)/t20-,21+/m0/s1. The van der Waals surface area contributed by atoms with Gasteiger partial charge in [-0.1, -0.05) is 65.3 Å². The summed E-state index contributed by atoms with van der Waals surface area (Å²) in [6, 6.07) is 14.5. The van der Waals surface area contributed by atoms with Crippen LogP contribution in [0, 0.1) is 17.2 Å². The van der Waals surface area contributed by atoms with Crippen molar-refractivity contribution < 1.29 is 23.9 Å². The van der Waals surface area contributed by atoms with Crippen molar-refractivity contribution in [2.75, 3.05) is 19.5 Å². The SMILES string of the molecule is CCOc1c(Cl)cc([C@H]2C(C#N)=C(SCC(=O)NCc3ccccc3)NC(=O)[C@@H]2C(=O)OC)cc1Cl. The molecule has 0 radical (unpaired) electrons. The monoisotopic (exact) mass is 547 g/mol. The Morgan fingerprint density at radius 2 is 1.86 bits per heavy atom. The van der Waals surface area contributed by atoms with Crippen molar-refractivity contribution in [2.24, 2.45) is 5.92 Å². The van der Waals surface area contributed by atoms with Crippen LogP contribution in [0.4, 0.5) is 0 Å². The summed E-state index contributed by atoms with van der Waals surface area (Å²) in [6.07, 6.45) is 0. The lowest BCUT2D eigenvalue weighted by Crippen LogP contribution is -2.44. The van der Waals surface area contributed by atoms with Gasteiger partial charge in [0.25, 0.3) is 0 Å². The molecule has 1 aliphatic heterocycles. The molecule has 1 aliphatic rings. The van der Waals surface area contributed by atoms with E-state index in [9.17, 15) is 19.6 Å². The van der Waals surface area contributed by atoms with Gasteiger partial charge in [-0.15, -0.1) is 0 Å². The molecule has 8 nitrogen and oxygen atoms in total. The fourth-order valence-electron chi connectivity index (χ4n) is 3.71. The second kappa shape index (κ2) is 12.7. The molecule has 0 aliphatic carbocycles. The van der Waals surface area contributed by atoms with Crippen LogP contribution in [0.3, 0.4) is 0 Å². The predicted molar refractivity (Wildman–Crippen MR) is 137 cm³/mol. The number of carbonyl (C=O) groups excluding carboxylic acids is 3. The maximum Gasteiger partial charge on any atom is 0.319 e. The largest absolute Gasteiger partial charge is 0.491 e. The van der Waals surface area contributed by atoms with E-state index in [1.807, 2.05) is 30.3 Å². The zero-order valence-corrected chi connectivity index (χ0v) is 21.8. The van der Waals surface area contributed by atoms with Crippen molar-refractivity contribution in [1.29, 1.82) is 5.26 Å². The molecular weight excluding hydrogens is 525 g/mol. The number of nitrogens with one attached hydrogen (secondary N) is 2. The summed E-state index contributed by atoms with van der Waals surface area (Å²) >= 11 is 13.7. The van der Waals surface area contributed by atoms with Crippen LogP contribution in [0.5, 0.6) is 5.75 Å². The number of esters is 1. The molecule has 11 heteroatoms. The second-order valence-electron chi connectivity index (χ2n) is 7.62. The average molecular weight is 548 g/mol. The third-order valence-corrected chi connectivity index (χ3v) is 6.91. The Kier molecular flexibility index (Phi) is 9.65. The molecular formula is C25H23Cl2N3O5S. The summed E-state index contributed by atoms with van der Waals surface area (Å²) in [6.45, 7) is 2.44. The molecule has 188 valence electrons. The summed E-state index contributed by atoms with van der Waals surface area (Å²) in [5.74, 6) is -3.97. The lowest BCUT2D eigenvalue weighted by molar-refractivity contribution is -0.150. The zero-order chi connectivity index (χ0) is 26.2. The van der Waals surface area contributed by atoms with Gasteiger partial charge in [-0.2, -0.15) is 5.26 Å². The van der Waals surface area contributed by atoms with Crippen LogP contribution in [-0.2, 0) is 25.7 Å². The zero-order valence-electron chi connectivity index (χ0n) is 19.5. The van der Waals surface area contributed by atoms with E-state index < -0.39 is 23.7 Å². The summed E-state index contributed by atoms with van der Waals surface area (Å²) in [7, 11) is 1.15. The van der Waals surface area contributed by atoms with Gasteiger partial charge in [0.1, 0.15) is 5.92 Å². The van der Waals surface area contributed by atoms with E-state index in [-0.39, 0.29) is 38.1 Å². The average Bonchev–Trinajstić information content (AvgIpc) is 2.87. The minimum atomic E-state index is -1.36. The number of nitrogens with zero attached hydrogens (tertiary/aromatic N) is 1. The first-order chi connectivity index (χ1) is 17.3. The van der Waals surface area contributed by atoms with E-state index in [4.69, 9.17) is 32.7 Å². The summed E-state index contributed by atoms with van der Waals surface area (Å²) in [5, 5.41) is 15.9. The van der Waals surface area contributed by atoms with Crippen molar-refractivity contribution in [3.63, 3.8) is 0 Å². The lowest BCUT2D eigenvalue weighted by Gasteiger charge is -2.31. The third-order valence-electron chi connectivity index (χ3n) is 5.33. The Balaban J connectivity index is 1.91. The summed E-state index contributed by atoms with van der Waals surface area (Å²) < 4.78 is 10.3. The molecule has 0 saturated heterocycles. The second-order valence-corrected chi connectivity index (χ2v) is 9.42. The van der Waals surface area contributed by atoms with Gasteiger partial charge < -0.3 is 20.1 Å². The number of ether oxygens (including phenoxy) is 2. The lowest BCUT2D eigenvalue weighted by atomic mass is 9.78. The maximum absolute atomic E-state index is 13.0. The Bertz CT molecular complexity index is 1210. The van der Waals surface area contributed by atoms with Crippen LogP contribution >= 0.6 is 35.0 Å². The predicted octanol–water partition coefficient (Wildman–Crippen LogP) is 4.18. The molecule has 36 heavy (non-hydrogen) atoms. The highest BCUT2D eigenvalue weighted by Gasteiger charge is 2.44. The van der Waals surface area contributed by atoms with Crippen LogP contribution in [0.2, 0.25) is 10.0 Å². The molecule has 0 unspecified atom stereocenters. The fourth-order valence-corrected chi connectivity index (χ4v) is 5.20. The van der Waals surface area contributed by atoms with E-state index in [2.05, 4.69) is 16.7 Å². The number of thioether (sulfide) groups is 1. The van der Waals surface area contributed by atoms with Gasteiger partial charge in [0.15, 0.2) is 5.75 Å². The molecule has 2 N–H and O–H groups in total. The normalized spacial score (nSPS) is 17.1. The molecule has 3 rings (SSSR count). The van der Waals surface area contributed by atoms with Crippen LogP contribution in [0.25, 0.3) is 0 Å². The topological polar surface area (TPSA) is 118 Å². The number of halogens is 2. The van der Waals surface area contributed by atoms with Crippen molar-refractivity contribution in [1.82, 2.24) is 10.6 Å². The quantitative estimate of drug-likeness (QED) is 0.357. The van der Waals surface area contributed by atoms with Gasteiger partial charge in [0.05, 0.1) is 46.2 Å². The molecule has 0 saturated carbocycles. The minimum absolute atomic E-state index is 0.0615. The van der Waals surface area contributed by atoms with Crippen LogP contribution in [0.1, 0.15) is 24.0 Å². The summed E-state index contributed by atoms with van der Waals surface area (Å²) in [5.41, 5.74) is 1.38. The molecule has 2 aromatic rings. The highest BCUT2D eigenvalue weighted by Crippen LogP contribution is 2.44. The molecule has 0 bridgehead atoms. The van der Waals surface area contributed by atoms with Gasteiger partial charge in [-0.05, 0) is 30.2 Å². The number of rotatable bonds is 9. The highest BCUT2D eigenvalue weighted by atomic mass is 35.5. The van der Waals surface area contributed by atoms with Gasteiger partial charge in [-0.3, -0.25) is 14.4 Å². The van der Waals surface area contributed by atoms with Crippen LogP contribution in [-0.4, -0.2) is 37.3 Å². The number of nitriles is 1. The Morgan fingerprint density at radius 3 is 2.44 bits per heavy atom. The first-order valence-corrected chi connectivity index (χ1v) is 12.6. The molecule has 1 heterocycles. The van der Waals surface area contributed by atoms with E-state index in [1.54, 1.807) is 6.92 Å². The molecule has 2 aromatic carbocycles. The fraction of sp³-hybridized carbons (Fsp3) is 0.280. The van der Waals surface area contributed by atoms with Gasteiger partial charge in [-0.25, -0.2) is 0 Å². The molecule has 0 spiro atoms. The smallest absolute Gasteiger partial charge is 0.319 e. The molecule has 2 atom stereocenters. The number of allylic oxidation sites excluding steroid dienone is 1. The molecule has 2 amide bonds. The van der Waals surface area contributed by atoms with Crippen molar-refractivity contribution in [2.45, 2.75) is 19.4 Å². The maximum atomic E-state index is 13.0. The minimum Gasteiger partial charge on any atom is -0.491 e. The number of hydrogen-bond donors (Lipinski definition) is 2. The van der Waals surface area contributed by atoms with Crippen molar-refractivity contribution >= 4 is 52.7 Å².